The number of carbonyl (C=O) groups is 2. The Morgan fingerprint density at radius 1 is 1.00 bits per heavy atom. The van der Waals surface area contributed by atoms with Gasteiger partial charge in [0, 0.05) is 34.3 Å². The second kappa shape index (κ2) is 8.56. The van der Waals surface area contributed by atoms with E-state index in [1.54, 1.807) is 18.2 Å². The molecule has 8 heteroatoms. The van der Waals surface area contributed by atoms with E-state index in [0.717, 1.165) is 34.5 Å². The van der Waals surface area contributed by atoms with E-state index >= 15 is 0 Å². The number of carbonyl (C=O) groups excluding carboxylic acids is 2. The van der Waals surface area contributed by atoms with Crippen molar-refractivity contribution >= 4 is 34.0 Å². The minimum absolute atomic E-state index is 0.0161. The predicted molar refractivity (Wildman–Crippen MR) is 135 cm³/mol. The van der Waals surface area contributed by atoms with E-state index in [-0.39, 0.29) is 18.6 Å². The summed E-state index contributed by atoms with van der Waals surface area (Å²) in [6.45, 7) is 2.80. The number of nitrogens with one attached hydrogen (secondary N) is 1. The van der Waals surface area contributed by atoms with Crippen molar-refractivity contribution in [2.75, 3.05) is 23.6 Å². The highest BCUT2D eigenvalue weighted by Gasteiger charge is 2.26. The zero-order valence-electron chi connectivity index (χ0n) is 18.9. The molecule has 0 aliphatic carbocycles. The monoisotopic (exact) mass is 483 g/mol. The number of anilines is 2. The molecule has 1 N–H and O–H groups in total. The van der Waals surface area contributed by atoms with Crippen molar-refractivity contribution < 1.29 is 19.1 Å². The molecule has 0 saturated heterocycles. The van der Waals surface area contributed by atoms with Gasteiger partial charge in [-0.05, 0) is 61.4 Å². The van der Waals surface area contributed by atoms with E-state index in [1.165, 1.54) is 11.3 Å². The quantitative estimate of drug-likeness (QED) is 0.426. The first-order valence-electron chi connectivity index (χ1n) is 11.2. The molecule has 174 valence electrons. The van der Waals surface area contributed by atoms with Crippen molar-refractivity contribution in [1.29, 1.82) is 0 Å². The molecular formula is C27H21N3O4S. The highest BCUT2D eigenvalue weighted by Crippen LogP contribution is 2.35. The van der Waals surface area contributed by atoms with Crippen LogP contribution in [0.2, 0.25) is 0 Å². The van der Waals surface area contributed by atoms with Crippen LogP contribution in [-0.2, 0) is 6.42 Å². The van der Waals surface area contributed by atoms with Gasteiger partial charge in [0.2, 0.25) is 6.79 Å². The Balaban J connectivity index is 1.18. The fourth-order valence-electron chi connectivity index (χ4n) is 4.38. The Bertz CT molecular complexity index is 1480. The lowest BCUT2D eigenvalue weighted by atomic mass is 10.1. The van der Waals surface area contributed by atoms with Crippen LogP contribution < -0.4 is 19.7 Å². The van der Waals surface area contributed by atoms with Crippen LogP contribution in [0.15, 0.2) is 66.0 Å². The molecule has 6 rings (SSSR count). The maximum atomic E-state index is 13.1. The number of ether oxygens (including phenoxy) is 2. The number of thiazole rings is 1. The standard InChI is InChI=1S/C27H21N3O4S/c1-16-3-2-4-20(11-16)26(32)30-10-9-18-12-17(5-7-22(18)30)21-14-35-27(28-21)29-25(31)19-6-8-23-24(13-19)34-15-33-23/h2-8,11-14H,9-10,15H2,1H3,(H,28,29,31). The number of nitrogens with zero attached hydrogens (tertiary/aromatic N) is 2. The maximum absolute atomic E-state index is 13.1. The van der Waals surface area contributed by atoms with Gasteiger partial charge in [-0.25, -0.2) is 4.98 Å². The third-order valence-electron chi connectivity index (χ3n) is 6.14. The van der Waals surface area contributed by atoms with Crippen molar-refractivity contribution in [1.82, 2.24) is 4.98 Å². The SMILES string of the molecule is Cc1cccc(C(=O)N2CCc3cc(-c4csc(NC(=O)c5ccc6c(c5)OCO6)n4)ccc32)c1. The Kier molecular flexibility index (Phi) is 5.22. The molecule has 2 aliphatic rings. The summed E-state index contributed by atoms with van der Waals surface area (Å²) in [4.78, 5) is 32.2. The van der Waals surface area contributed by atoms with Gasteiger partial charge < -0.3 is 14.4 Å². The van der Waals surface area contributed by atoms with Gasteiger partial charge in [0.05, 0.1) is 5.69 Å². The lowest BCUT2D eigenvalue weighted by Gasteiger charge is -2.18. The third kappa shape index (κ3) is 4.02. The molecular weight excluding hydrogens is 462 g/mol. The van der Waals surface area contributed by atoms with Crippen molar-refractivity contribution in [3.63, 3.8) is 0 Å². The van der Waals surface area contributed by atoms with Crippen molar-refractivity contribution in [3.05, 3.63) is 88.3 Å². The number of fused-ring (bicyclic) bond motifs is 2. The smallest absolute Gasteiger partial charge is 0.258 e. The van der Waals surface area contributed by atoms with Gasteiger partial charge in [-0.1, -0.05) is 23.8 Å². The Labute approximate surface area is 206 Å². The molecule has 1 aromatic heterocycles. The summed E-state index contributed by atoms with van der Waals surface area (Å²) in [5.41, 5.74) is 6.02. The summed E-state index contributed by atoms with van der Waals surface area (Å²) in [7, 11) is 0. The van der Waals surface area contributed by atoms with Gasteiger partial charge >= 0.3 is 0 Å². The summed E-state index contributed by atoms with van der Waals surface area (Å²) in [6.07, 6.45) is 0.790. The minimum Gasteiger partial charge on any atom is -0.454 e. The van der Waals surface area contributed by atoms with Gasteiger partial charge in [-0.15, -0.1) is 11.3 Å². The Morgan fingerprint density at radius 3 is 2.77 bits per heavy atom. The molecule has 4 aromatic rings. The van der Waals surface area contributed by atoms with E-state index in [2.05, 4.69) is 16.4 Å². The van der Waals surface area contributed by atoms with Crippen LogP contribution in [0.25, 0.3) is 11.3 Å². The first-order chi connectivity index (χ1) is 17.0. The van der Waals surface area contributed by atoms with Gasteiger partial charge in [-0.3, -0.25) is 14.9 Å². The fraction of sp³-hybridized carbons (Fsp3) is 0.148. The van der Waals surface area contributed by atoms with E-state index in [9.17, 15) is 9.59 Å². The number of hydrogen-bond acceptors (Lipinski definition) is 6. The summed E-state index contributed by atoms with van der Waals surface area (Å²) in [6, 6.07) is 18.8. The number of aryl methyl sites for hydroxylation is 1. The molecule has 0 spiro atoms. The largest absolute Gasteiger partial charge is 0.454 e. The topological polar surface area (TPSA) is 80.8 Å². The number of rotatable bonds is 4. The second-order valence-electron chi connectivity index (χ2n) is 8.48. The van der Waals surface area contributed by atoms with Crippen molar-refractivity contribution in [2.24, 2.45) is 0 Å². The molecule has 0 fully saturated rings. The number of aromatic nitrogens is 1. The van der Waals surface area contributed by atoms with Crippen LogP contribution >= 0.6 is 11.3 Å². The van der Waals surface area contributed by atoms with E-state index in [1.807, 2.05) is 53.6 Å². The predicted octanol–water partition coefficient (Wildman–Crippen LogP) is 5.30. The molecule has 2 amide bonds. The Hall–Kier alpha value is -4.17. The van der Waals surface area contributed by atoms with Crippen LogP contribution in [0, 0.1) is 6.92 Å². The molecule has 0 unspecified atom stereocenters. The van der Waals surface area contributed by atoms with Crippen LogP contribution in [0.4, 0.5) is 10.8 Å². The molecule has 35 heavy (non-hydrogen) atoms. The van der Waals surface area contributed by atoms with E-state index in [0.29, 0.717) is 34.3 Å². The summed E-state index contributed by atoms with van der Waals surface area (Å²) >= 11 is 1.37. The zero-order valence-corrected chi connectivity index (χ0v) is 19.7. The second-order valence-corrected chi connectivity index (χ2v) is 9.34. The lowest BCUT2D eigenvalue weighted by Crippen LogP contribution is -2.28. The first kappa shape index (κ1) is 21.4. The normalized spacial score (nSPS) is 13.6. The molecule has 0 radical (unpaired) electrons. The highest BCUT2D eigenvalue weighted by molar-refractivity contribution is 7.14. The van der Waals surface area contributed by atoms with Crippen molar-refractivity contribution in [2.45, 2.75) is 13.3 Å². The average Bonchev–Trinajstić information content (AvgIpc) is 3.62. The van der Waals surface area contributed by atoms with Gasteiger partial charge in [0.25, 0.3) is 11.8 Å². The van der Waals surface area contributed by atoms with Gasteiger partial charge in [0.15, 0.2) is 16.6 Å². The summed E-state index contributed by atoms with van der Waals surface area (Å²) < 4.78 is 10.6. The van der Waals surface area contributed by atoms with Crippen molar-refractivity contribution in [3.8, 4) is 22.8 Å². The zero-order chi connectivity index (χ0) is 23.9. The van der Waals surface area contributed by atoms with Crippen LogP contribution in [0.1, 0.15) is 31.8 Å². The third-order valence-corrected chi connectivity index (χ3v) is 6.90. The number of hydrogen-bond donors (Lipinski definition) is 1. The fourth-order valence-corrected chi connectivity index (χ4v) is 5.09. The number of benzene rings is 3. The molecule has 3 aromatic carbocycles. The number of amides is 2. The molecule has 0 saturated carbocycles. The molecule has 7 nitrogen and oxygen atoms in total. The average molecular weight is 484 g/mol. The first-order valence-corrected chi connectivity index (χ1v) is 12.1. The molecule has 0 bridgehead atoms. The minimum atomic E-state index is -0.261. The lowest BCUT2D eigenvalue weighted by molar-refractivity contribution is 0.0987. The highest BCUT2D eigenvalue weighted by atomic mass is 32.1. The van der Waals surface area contributed by atoms with Crippen LogP contribution in [-0.4, -0.2) is 30.1 Å². The summed E-state index contributed by atoms with van der Waals surface area (Å²) in [5, 5.41) is 5.29. The van der Waals surface area contributed by atoms with Gasteiger partial charge in [0.1, 0.15) is 0 Å². The molecule has 2 aliphatic heterocycles. The van der Waals surface area contributed by atoms with E-state index in [4.69, 9.17) is 9.47 Å². The summed E-state index contributed by atoms with van der Waals surface area (Å²) in [5.74, 6) is 0.949. The maximum Gasteiger partial charge on any atom is 0.258 e. The van der Waals surface area contributed by atoms with Gasteiger partial charge in [-0.2, -0.15) is 0 Å². The molecule has 3 heterocycles. The Morgan fingerprint density at radius 2 is 1.89 bits per heavy atom. The van der Waals surface area contributed by atoms with Crippen LogP contribution in [0.5, 0.6) is 11.5 Å². The van der Waals surface area contributed by atoms with E-state index < -0.39 is 0 Å². The van der Waals surface area contributed by atoms with Crippen LogP contribution in [0.3, 0.4) is 0 Å². The molecule has 0 atom stereocenters.